The van der Waals surface area contributed by atoms with E-state index in [0.717, 1.165) is 25.5 Å². The molecule has 1 heteroatoms. The van der Waals surface area contributed by atoms with Crippen molar-refractivity contribution in [2.45, 2.75) is 33.1 Å². The zero-order valence-electron chi connectivity index (χ0n) is 6.68. The Balaban J connectivity index is 2.62. The minimum absolute atomic E-state index is 0.309. The molecule has 1 atom stereocenters. The van der Waals surface area contributed by atoms with E-state index in [1.54, 1.807) is 0 Å². The Morgan fingerprint density at radius 3 is 2.60 bits per heavy atom. The molecule has 0 bridgehead atoms. The minimum Gasteiger partial charge on any atom is -0.303 e. The highest BCUT2D eigenvalue weighted by atomic mass is 16.1. The van der Waals surface area contributed by atoms with Gasteiger partial charge in [-0.15, -0.1) is 0 Å². The average molecular weight is 138 g/mol. The molecule has 1 nitrogen and oxygen atoms in total. The Morgan fingerprint density at radius 1 is 1.40 bits per heavy atom. The number of carbonyl (C=O) groups excluding carboxylic acids is 1. The second-order valence-corrected chi connectivity index (χ2v) is 3.20. The highest BCUT2D eigenvalue weighted by Gasteiger charge is 2.14. The first-order valence-electron chi connectivity index (χ1n) is 3.84. The van der Waals surface area contributed by atoms with E-state index in [4.69, 9.17) is 0 Å². The van der Waals surface area contributed by atoms with E-state index in [-0.39, 0.29) is 0 Å². The predicted octanol–water partition coefficient (Wildman–Crippen LogP) is 2.32. The van der Waals surface area contributed by atoms with Crippen LogP contribution in [0.5, 0.6) is 0 Å². The maximum Gasteiger partial charge on any atom is 0.123 e. The van der Waals surface area contributed by atoms with Crippen molar-refractivity contribution >= 4 is 6.29 Å². The van der Waals surface area contributed by atoms with Crippen LogP contribution in [0.4, 0.5) is 0 Å². The monoisotopic (exact) mass is 138 g/mol. The zero-order valence-corrected chi connectivity index (χ0v) is 6.68. The quantitative estimate of drug-likeness (QED) is 0.401. The molecule has 10 heavy (non-hydrogen) atoms. The van der Waals surface area contributed by atoms with E-state index in [1.165, 1.54) is 11.1 Å². The summed E-state index contributed by atoms with van der Waals surface area (Å²) in [6.07, 6.45) is 4.27. The second-order valence-electron chi connectivity index (χ2n) is 3.20. The lowest BCUT2D eigenvalue weighted by atomic mass is 9.86. The molecule has 0 aromatic rings. The molecule has 56 valence electrons. The van der Waals surface area contributed by atoms with E-state index < -0.39 is 0 Å². The van der Waals surface area contributed by atoms with Gasteiger partial charge in [0.05, 0.1) is 0 Å². The molecule has 0 aliphatic heterocycles. The van der Waals surface area contributed by atoms with Gasteiger partial charge >= 0.3 is 0 Å². The van der Waals surface area contributed by atoms with Crippen LogP contribution in [0.25, 0.3) is 0 Å². The normalized spacial score (nSPS) is 26.8. The Bertz CT molecular complexity index is 168. The van der Waals surface area contributed by atoms with Crippen molar-refractivity contribution < 1.29 is 4.79 Å². The summed E-state index contributed by atoms with van der Waals surface area (Å²) < 4.78 is 0. The van der Waals surface area contributed by atoms with Gasteiger partial charge in [-0.1, -0.05) is 11.1 Å². The van der Waals surface area contributed by atoms with Crippen LogP contribution in [0, 0.1) is 5.92 Å². The van der Waals surface area contributed by atoms with Crippen LogP contribution in [0.1, 0.15) is 33.1 Å². The summed E-state index contributed by atoms with van der Waals surface area (Å²) in [4.78, 5) is 10.4. The van der Waals surface area contributed by atoms with Crippen LogP contribution in [-0.2, 0) is 4.79 Å². The zero-order chi connectivity index (χ0) is 7.56. The van der Waals surface area contributed by atoms with Crippen molar-refractivity contribution in [3.63, 3.8) is 0 Å². The van der Waals surface area contributed by atoms with E-state index in [0.29, 0.717) is 5.92 Å². The number of rotatable bonds is 1. The number of allylic oxidation sites excluding steroid dienone is 2. The minimum atomic E-state index is 0.309. The van der Waals surface area contributed by atoms with Crippen LogP contribution >= 0.6 is 0 Å². The summed E-state index contributed by atoms with van der Waals surface area (Å²) in [6, 6.07) is 0. The molecule has 0 saturated carbocycles. The topological polar surface area (TPSA) is 17.1 Å². The molecule has 0 spiro atoms. The number of aldehydes is 1. The van der Waals surface area contributed by atoms with Gasteiger partial charge in [0, 0.05) is 5.92 Å². The van der Waals surface area contributed by atoms with E-state index in [2.05, 4.69) is 13.8 Å². The molecule has 1 rings (SSSR count). The van der Waals surface area contributed by atoms with Crippen molar-refractivity contribution in [2.24, 2.45) is 5.92 Å². The van der Waals surface area contributed by atoms with Gasteiger partial charge in [-0.25, -0.2) is 0 Å². The van der Waals surface area contributed by atoms with Gasteiger partial charge < -0.3 is 4.79 Å². The SMILES string of the molecule is CC1=C(C)C[C@@H](C=O)CC1. The molecule has 0 aromatic carbocycles. The largest absolute Gasteiger partial charge is 0.303 e. The fourth-order valence-electron chi connectivity index (χ4n) is 1.40. The molecule has 0 aromatic heterocycles. The summed E-state index contributed by atoms with van der Waals surface area (Å²) in [5, 5.41) is 0. The van der Waals surface area contributed by atoms with Crippen LogP contribution < -0.4 is 0 Å². The maximum absolute atomic E-state index is 10.4. The van der Waals surface area contributed by atoms with Gasteiger partial charge in [0.2, 0.25) is 0 Å². The molecule has 1 aliphatic carbocycles. The number of hydrogen-bond acceptors (Lipinski definition) is 1. The van der Waals surface area contributed by atoms with E-state index >= 15 is 0 Å². The summed E-state index contributed by atoms with van der Waals surface area (Å²) in [6.45, 7) is 4.29. The van der Waals surface area contributed by atoms with Crippen LogP contribution in [0.2, 0.25) is 0 Å². The lowest BCUT2D eigenvalue weighted by Crippen LogP contribution is -2.08. The van der Waals surface area contributed by atoms with Crippen LogP contribution in [-0.4, -0.2) is 6.29 Å². The third kappa shape index (κ3) is 1.47. The average Bonchev–Trinajstić information content (AvgIpc) is 1.95. The highest BCUT2D eigenvalue weighted by Crippen LogP contribution is 2.27. The first kappa shape index (κ1) is 7.52. The molecule has 0 N–H and O–H groups in total. The van der Waals surface area contributed by atoms with Gasteiger partial charge in [0.25, 0.3) is 0 Å². The fraction of sp³-hybridized carbons (Fsp3) is 0.667. The standard InChI is InChI=1S/C9H14O/c1-7-3-4-9(6-10)5-8(7)2/h6,9H,3-5H2,1-2H3/t9-/m0/s1. The van der Waals surface area contributed by atoms with Crippen LogP contribution in [0.15, 0.2) is 11.1 Å². The van der Waals surface area contributed by atoms with Crippen molar-refractivity contribution in [2.75, 3.05) is 0 Å². The highest BCUT2D eigenvalue weighted by molar-refractivity contribution is 5.54. The molecular weight excluding hydrogens is 124 g/mol. The number of carbonyl (C=O) groups is 1. The van der Waals surface area contributed by atoms with Gasteiger partial charge in [0.1, 0.15) is 6.29 Å². The molecule has 0 heterocycles. The molecule has 0 unspecified atom stereocenters. The Hall–Kier alpha value is -0.590. The van der Waals surface area contributed by atoms with Gasteiger partial charge in [-0.2, -0.15) is 0 Å². The fourth-order valence-corrected chi connectivity index (χ4v) is 1.40. The van der Waals surface area contributed by atoms with Crippen molar-refractivity contribution in [3.05, 3.63) is 11.1 Å². The summed E-state index contributed by atoms with van der Waals surface area (Å²) in [5.41, 5.74) is 2.90. The van der Waals surface area contributed by atoms with Gasteiger partial charge in [0.15, 0.2) is 0 Å². The summed E-state index contributed by atoms with van der Waals surface area (Å²) in [5.74, 6) is 0.309. The lowest BCUT2D eigenvalue weighted by molar-refractivity contribution is -0.111. The maximum atomic E-state index is 10.4. The first-order chi connectivity index (χ1) is 4.74. The third-order valence-electron chi connectivity index (χ3n) is 2.38. The molecular formula is C9H14O. The van der Waals surface area contributed by atoms with Gasteiger partial charge in [-0.3, -0.25) is 0 Å². The summed E-state index contributed by atoms with van der Waals surface area (Å²) in [7, 11) is 0. The number of hydrogen-bond donors (Lipinski definition) is 0. The molecule has 0 fully saturated rings. The molecule has 0 radical (unpaired) electrons. The lowest BCUT2D eigenvalue weighted by Gasteiger charge is -2.19. The predicted molar refractivity (Wildman–Crippen MR) is 41.8 cm³/mol. The Labute approximate surface area is 62.1 Å². The smallest absolute Gasteiger partial charge is 0.123 e. The first-order valence-corrected chi connectivity index (χ1v) is 3.84. The second kappa shape index (κ2) is 3.00. The Kier molecular flexibility index (Phi) is 2.25. The Morgan fingerprint density at radius 2 is 2.10 bits per heavy atom. The molecule has 0 saturated heterocycles. The summed E-state index contributed by atoms with van der Waals surface area (Å²) >= 11 is 0. The van der Waals surface area contributed by atoms with Crippen LogP contribution in [0.3, 0.4) is 0 Å². The van der Waals surface area contributed by atoms with Gasteiger partial charge in [-0.05, 0) is 33.1 Å². The molecule has 0 amide bonds. The van der Waals surface area contributed by atoms with Crippen molar-refractivity contribution in [1.82, 2.24) is 0 Å². The van der Waals surface area contributed by atoms with E-state index in [1.807, 2.05) is 0 Å². The molecule has 1 aliphatic rings. The van der Waals surface area contributed by atoms with E-state index in [9.17, 15) is 4.79 Å². The van der Waals surface area contributed by atoms with Crippen molar-refractivity contribution in [1.29, 1.82) is 0 Å². The third-order valence-corrected chi connectivity index (χ3v) is 2.38. The van der Waals surface area contributed by atoms with Crippen molar-refractivity contribution in [3.8, 4) is 0 Å².